The Hall–Kier alpha value is -2.04. The zero-order valence-electron chi connectivity index (χ0n) is 21.0. The molecule has 0 aromatic heterocycles. The lowest BCUT2D eigenvalue weighted by atomic mass is 9.67. The molecule has 1 aliphatic rings. The molecule has 2 aromatic carbocycles. The highest BCUT2D eigenvalue weighted by molar-refractivity contribution is 5.46. The molecular weight excluding hydrogens is 396 g/mol. The van der Waals surface area contributed by atoms with Crippen LogP contribution in [0.3, 0.4) is 0 Å². The first-order chi connectivity index (χ1) is 15.3. The molecule has 1 fully saturated rings. The maximum atomic E-state index is 6.13. The van der Waals surface area contributed by atoms with Gasteiger partial charge in [-0.2, -0.15) is 0 Å². The number of nitrogens with zero attached hydrogens (tertiary/aromatic N) is 2. The monoisotopic (exact) mass is 438 g/mol. The molecule has 0 amide bonds. The minimum absolute atomic E-state index is 0.101. The van der Waals surface area contributed by atoms with Crippen molar-refractivity contribution in [1.29, 1.82) is 0 Å². The van der Waals surface area contributed by atoms with Crippen LogP contribution >= 0.6 is 0 Å². The van der Waals surface area contributed by atoms with Gasteiger partial charge in [-0.1, -0.05) is 31.2 Å². The Kier molecular flexibility index (Phi) is 8.24. The zero-order valence-corrected chi connectivity index (χ0v) is 21.0. The van der Waals surface area contributed by atoms with E-state index in [0.29, 0.717) is 0 Å². The second kappa shape index (κ2) is 10.7. The highest BCUT2D eigenvalue weighted by Crippen LogP contribution is 2.44. The molecule has 0 radical (unpaired) electrons. The van der Waals surface area contributed by atoms with E-state index >= 15 is 0 Å². The van der Waals surface area contributed by atoms with Crippen LogP contribution in [0, 0.1) is 0 Å². The molecule has 0 spiro atoms. The van der Waals surface area contributed by atoms with Gasteiger partial charge in [-0.15, -0.1) is 0 Å². The second-order valence-electron chi connectivity index (χ2n) is 10.1. The quantitative estimate of drug-likeness (QED) is 0.462. The number of methoxy groups -OCH3 is 1. The summed E-state index contributed by atoms with van der Waals surface area (Å²) < 4.78 is 11.5. The molecule has 4 nitrogen and oxygen atoms in total. The van der Waals surface area contributed by atoms with Crippen molar-refractivity contribution >= 4 is 5.69 Å². The third-order valence-electron chi connectivity index (χ3n) is 6.85. The van der Waals surface area contributed by atoms with Crippen molar-refractivity contribution < 1.29 is 9.47 Å². The summed E-state index contributed by atoms with van der Waals surface area (Å²) in [4.78, 5) is 4.78. The van der Waals surface area contributed by atoms with Crippen LogP contribution in [-0.2, 0) is 16.7 Å². The van der Waals surface area contributed by atoms with Crippen molar-refractivity contribution in [3.8, 4) is 5.75 Å². The van der Waals surface area contributed by atoms with Gasteiger partial charge in [0.05, 0.1) is 12.7 Å². The smallest absolute Gasteiger partial charge is 0.118 e. The Bertz CT molecular complexity index is 830. The Balaban J connectivity index is 1.77. The summed E-state index contributed by atoms with van der Waals surface area (Å²) in [7, 11) is 5.91. The van der Waals surface area contributed by atoms with Crippen LogP contribution < -0.4 is 9.64 Å². The van der Waals surface area contributed by atoms with Gasteiger partial charge in [0, 0.05) is 38.3 Å². The van der Waals surface area contributed by atoms with Crippen LogP contribution in [0.25, 0.3) is 0 Å². The van der Waals surface area contributed by atoms with Crippen LogP contribution in [0.15, 0.2) is 48.5 Å². The van der Waals surface area contributed by atoms with Crippen LogP contribution in [0.4, 0.5) is 5.69 Å². The molecule has 1 saturated heterocycles. The molecule has 0 saturated carbocycles. The molecule has 0 N–H and O–H groups in total. The topological polar surface area (TPSA) is 24.9 Å². The third-order valence-corrected chi connectivity index (χ3v) is 6.85. The normalized spacial score (nSPS) is 20.3. The summed E-state index contributed by atoms with van der Waals surface area (Å²) in [6.07, 6.45) is 4.42. The fourth-order valence-corrected chi connectivity index (χ4v) is 5.14. The fraction of sp³-hybridized carbons (Fsp3) is 0.571. The van der Waals surface area contributed by atoms with E-state index in [1.54, 1.807) is 7.11 Å². The van der Waals surface area contributed by atoms with Gasteiger partial charge in [-0.25, -0.2) is 0 Å². The number of anilines is 1. The van der Waals surface area contributed by atoms with Gasteiger partial charge >= 0.3 is 0 Å². The van der Waals surface area contributed by atoms with Crippen LogP contribution in [0.2, 0.25) is 0 Å². The lowest BCUT2D eigenvalue weighted by molar-refractivity contribution is -0.0854. The van der Waals surface area contributed by atoms with Crippen LogP contribution in [0.5, 0.6) is 5.75 Å². The van der Waals surface area contributed by atoms with Gasteiger partial charge in [0.15, 0.2) is 0 Å². The maximum absolute atomic E-state index is 6.13. The summed E-state index contributed by atoms with van der Waals surface area (Å²) in [5.74, 6) is 0.920. The molecule has 1 heterocycles. The van der Waals surface area contributed by atoms with E-state index in [0.717, 1.165) is 51.3 Å². The van der Waals surface area contributed by atoms with Crippen molar-refractivity contribution in [1.82, 2.24) is 4.90 Å². The molecule has 32 heavy (non-hydrogen) atoms. The predicted octanol–water partition coefficient (Wildman–Crippen LogP) is 5.89. The van der Waals surface area contributed by atoms with Gasteiger partial charge in [0.25, 0.3) is 0 Å². The third kappa shape index (κ3) is 6.26. The van der Waals surface area contributed by atoms with Crippen LogP contribution in [0.1, 0.15) is 57.6 Å². The van der Waals surface area contributed by atoms with Crippen molar-refractivity contribution in [2.45, 2.75) is 64.0 Å². The standard InChI is InChI=1S/C28H42N2O2/c1-7-18-30(21-23-8-12-25(13-9-23)29(4)5)19-16-28(17-20-32-27(2,3)22-28)24-10-14-26(31-6)15-11-24/h8-15H,7,16-22H2,1-6H3/t28-/m0/s1. The molecule has 0 unspecified atom stereocenters. The largest absolute Gasteiger partial charge is 0.497 e. The van der Waals surface area contributed by atoms with Gasteiger partial charge in [0.1, 0.15) is 5.75 Å². The van der Waals surface area contributed by atoms with E-state index in [4.69, 9.17) is 9.47 Å². The molecule has 3 rings (SSSR count). The van der Waals surface area contributed by atoms with E-state index in [2.05, 4.69) is 93.2 Å². The maximum Gasteiger partial charge on any atom is 0.118 e. The summed E-state index contributed by atoms with van der Waals surface area (Å²) in [5, 5.41) is 0. The molecule has 0 bridgehead atoms. The van der Waals surface area contributed by atoms with E-state index in [1.165, 1.54) is 23.2 Å². The van der Waals surface area contributed by atoms with Crippen molar-refractivity contribution in [3.05, 3.63) is 59.7 Å². The summed E-state index contributed by atoms with van der Waals surface area (Å²) in [6.45, 7) is 10.8. The number of hydrogen-bond acceptors (Lipinski definition) is 4. The molecular formula is C28H42N2O2. The minimum atomic E-state index is -0.101. The average Bonchev–Trinajstić information content (AvgIpc) is 2.77. The molecule has 4 heteroatoms. The number of benzene rings is 2. The lowest BCUT2D eigenvalue weighted by Crippen LogP contribution is -2.45. The first kappa shape index (κ1) is 24.6. The van der Waals surface area contributed by atoms with Crippen molar-refractivity contribution in [2.75, 3.05) is 45.8 Å². The van der Waals surface area contributed by atoms with Crippen LogP contribution in [-0.4, -0.2) is 51.4 Å². The summed E-state index contributed by atoms with van der Waals surface area (Å²) in [6, 6.07) is 17.7. The Labute approximate surface area is 195 Å². The van der Waals surface area contributed by atoms with Gasteiger partial charge in [-0.05, 0) is 88.0 Å². The Morgan fingerprint density at radius 1 is 0.969 bits per heavy atom. The fourth-order valence-electron chi connectivity index (χ4n) is 5.14. The van der Waals surface area contributed by atoms with E-state index in [9.17, 15) is 0 Å². The van der Waals surface area contributed by atoms with E-state index in [-0.39, 0.29) is 11.0 Å². The first-order valence-corrected chi connectivity index (χ1v) is 12.0. The van der Waals surface area contributed by atoms with Crippen molar-refractivity contribution in [3.63, 3.8) is 0 Å². The molecule has 1 atom stereocenters. The number of hydrogen-bond donors (Lipinski definition) is 0. The number of ether oxygens (including phenoxy) is 2. The summed E-state index contributed by atoms with van der Waals surface area (Å²) >= 11 is 0. The highest BCUT2D eigenvalue weighted by atomic mass is 16.5. The SMILES string of the molecule is CCCN(CC[C@]1(c2ccc(OC)cc2)CCOC(C)(C)C1)Cc1ccc(N(C)C)cc1. The van der Waals surface area contributed by atoms with Gasteiger partial charge in [-0.3, -0.25) is 4.90 Å². The summed E-state index contributed by atoms with van der Waals surface area (Å²) in [5.41, 5.74) is 4.08. The first-order valence-electron chi connectivity index (χ1n) is 12.0. The Morgan fingerprint density at radius 2 is 1.66 bits per heavy atom. The predicted molar refractivity (Wildman–Crippen MR) is 135 cm³/mol. The number of rotatable bonds is 10. The zero-order chi connectivity index (χ0) is 23.2. The van der Waals surface area contributed by atoms with Gasteiger partial charge < -0.3 is 14.4 Å². The Morgan fingerprint density at radius 3 is 2.22 bits per heavy atom. The molecule has 1 aliphatic heterocycles. The minimum Gasteiger partial charge on any atom is -0.497 e. The van der Waals surface area contributed by atoms with Crippen molar-refractivity contribution in [2.24, 2.45) is 0 Å². The van der Waals surface area contributed by atoms with E-state index in [1.807, 2.05) is 0 Å². The molecule has 176 valence electrons. The second-order valence-corrected chi connectivity index (χ2v) is 10.1. The average molecular weight is 439 g/mol. The molecule has 2 aromatic rings. The lowest BCUT2D eigenvalue weighted by Gasteiger charge is -2.46. The van der Waals surface area contributed by atoms with Gasteiger partial charge in [0.2, 0.25) is 0 Å². The molecule has 0 aliphatic carbocycles. The van der Waals surface area contributed by atoms with E-state index < -0.39 is 0 Å². The highest BCUT2D eigenvalue weighted by Gasteiger charge is 2.42.